The summed E-state index contributed by atoms with van der Waals surface area (Å²) >= 11 is 4.99. The summed E-state index contributed by atoms with van der Waals surface area (Å²) in [7, 11) is 0. The Morgan fingerprint density at radius 1 is 1.45 bits per heavy atom. The minimum atomic E-state index is -0.108. The van der Waals surface area contributed by atoms with E-state index in [1.165, 1.54) is 5.56 Å². The van der Waals surface area contributed by atoms with Crippen LogP contribution in [-0.4, -0.2) is 11.0 Å². The third-order valence-corrected chi connectivity index (χ3v) is 4.77. The Bertz CT molecular complexity index is 623. The quantitative estimate of drug-likeness (QED) is 0.779. The first kappa shape index (κ1) is 13.8. The van der Waals surface area contributed by atoms with Crippen molar-refractivity contribution in [2.24, 2.45) is 5.92 Å². The summed E-state index contributed by atoms with van der Waals surface area (Å²) < 4.78 is 6.39. The molecule has 1 saturated carbocycles. The van der Waals surface area contributed by atoms with Crippen molar-refractivity contribution in [3.8, 4) is 0 Å². The van der Waals surface area contributed by atoms with Crippen LogP contribution in [0, 0.1) is 12.8 Å². The van der Waals surface area contributed by atoms with Gasteiger partial charge in [0.15, 0.2) is 0 Å². The van der Waals surface area contributed by atoms with Crippen molar-refractivity contribution in [3.63, 3.8) is 0 Å². The number of hydrogen-bond acceptors (Lipinski definition) is 4. The minimum Gasteiger partial charge on any atom is -0.459 e. The molecule has 1 aromatic carbocycles. The molecule has 1 aromatic heterocycles. The highest BCUT2D eigenvalue weighted by Gasteiger charge is 2.45. The molecule has 1 aliphatic rings. The highest BCUT2D eigenvalue weighted by Crippen LogP contribution is 2.48. The molecule has 1 heterocycles. The van der Waals surface area contributed by atoms with Crippen molar-refractivity contribution in [3.05, 3.63) is 50.4 Å². The van der Waals surface area contributed by atoms with Gasteiger partial charge in [-0.05, 0) is 37.0 Å². The van der Waals surface area contributed by atoms with Gasteiger partial charge in [0.2, 0.25) is 0 Å². The molecule has 0 radical (unpaired) electrons. The monoisotopic (exact) mass is 351 g/mol. The number of ether oxygens (including phenoxy) is 1. The Hall–Kier alpha value is -1.20. The van der Waals surface area contributed by atoms with E-state index in [2.05, 4.69) is 33.0 Å². The summed E-state index contributed by atoms with van der Waals surface area (Å²) in [5.74, 6) is 0.215. The van der Waals surface area contributed by atoms with Crippen LogP contribution in [0.15, 0.2) is 34.1 Å². The average molecular weight is 352 g/mol. The zero-order valence-electron chi connectivity index (χ0n) is 11.0. The van der Waals surface area contributed by atoms with Crippen molar-refractivity contribution in [1.82, 2.24) is 4.98 Å². The standard InChI is InChI=1S/C15H14BrNO2S/c1-9-17-12(8-20-9)7-19-15(18)14-6-13(14)10-2-4-11(16)5-3-10/h2-5,8,13-14H,6-7H2,1H3/t13-,14+/m0/s1. The van der Waals surface area contributed by atoms with Crippen LogP contribution in [0.3, 0.4) is 0 Å². The molecule has 2 atom stereocenters. The summed E-state index contributed by atoms with van der Waals surface area (Å²) in [5, 5.41) is 2.93. The predicted octanol–water partition coefficient (Wildman–Crippen LogP) is 4.06. The van der Waals surface area contributed by atoms with E-state index in [0.717, 1.165) is 21.6 Å². The minimum absolute atomic E-state index is 0.0101. The molecule has 3 nitrogen and oxygen atoms in total. The molecular weight excluding hydrogens is 338 g/mol. The Labute approximate surface area is 130 Å². The van der Waals surface area contributed by atoms with Gasteiger partial charge in [-0.15, -0.1) is 11.3 Å². The zero-order chi connectivity index (χ0) is 14.1. The number of nitrogens with zero attached hydrogens (tertiary/aromatic N) is 1. The fourth-order valence-corrected chi connectivity index (χ4v) is 3.12. The van der Waals surface area contributed by atoms with Gasteiger partial charge in [-0.3, -0.25) is 4.79 Å². The van der Waals surface area contributed by atoms with E-state index in [0.29, 0.717) is 5.92 Å². The van der Waals surface area contributed by atoms with Crippen LogP contribution >= 0.6 is 27.3 Å². The van der Waals surface area contributed by atoms with Gasteiger partial charge in [-0.2, -0.15) is 0 Å². The number of hydrogen-bond donors (Lipinski definition) is 0. The average Bonchev–Trinajstić information content (AvgIpc) is 3.13. The molecule has 2 aromatic rings. The van der Waals surface area contributed by atoms with Gasteiger partial charge in [0.1, 0.15) is 6.61 Å². The van der Waals surface area contributed by atoms with E-state index in [-0.39, 0.29) is 18.5 Å². The number of esters is 1. The van der Waals surface area contributed by atoms with Crippen molar-refractivity contribution in [1.29, 1.82) is 0 Å². The highest BCUT2D eigenvalue weighted by molar-refractivity contribution is 9.10. The van der Waals surface area contributed by atoms with Gasteiger partial charge in [0.25, 0.3) is 0 Å². The molecule has 104 valence electrons. The summed E-state index contributed by atoms with van der Waals surface area (Å²) in [6.07, 6.45) is 0.885. The fourth-order valence-electron chi connectivity index (χ4n) is 2.26. The lowest BCUT2D eigenvalue weighted by Gasteiger charge is -2.03. The molecule has 1 fully saturated rings. The Balaban J connectivity index is 1.53. The Morgan fingerprint density at radius 3 is 2.85 bits per heavy atom. The molecule has 20 heavy (non-hydrogen) atoms. The van der Waals surface area contributed by atoms with Crippen LogP contribution in [-0.2, 0) is 16.1 Å². The smallest absolute Gasteiger partial charge is 0.309 e. The third-order valence-electron chi connectivity index (χ3n) is 3.42. The van der Waals surface area contributed by atoms with Crippen LogP contribution in [0.25, 0.3) is 0 Å². The van der Waals surface area contributed by atoms with Crippen LogP contribution in [0.1, 0.15) is 28.6 Å². The maximum atomic E-state index is 12.0. The van der Waals surface area contributed by atoms with E-state index in [4.69, 9.17) is 4.74 Å². The molecule has 0 saturated heterocycles. The lowest BCUT2D eigenvalue weighted by molar-refractivity contribution is -0.146. The molecule has 0 unspecified atom stereocenters. The van der Waals surface area contributed by atoms with E-state index in [1.807, 2.05) is 24.4 Å². The molecule has 0 amide bonds. The van der Waals surface area contributed by atoms with E-state index in [1.54, 1.807) is 11.3 Å². The van der Waals surface area contributed by atoms with E-state index >= 15 is 0 Å². The number of carbonyl (C=O) groups is 1. The topological polar surface area (TPSA) is 39.2 Å². The number of carbonyl (C=O) groups excluding carboxylic acids is 1. The number of thiazole rings is 1. The first-order valence-electron chi connectivity index (χ1n) is 6.46. The summed E-state index contributed by atoms with van der Waals surface area (Å²) in [5.41, 5.74) is 2.04. The molecule has 3 rings (SSSR count). The normalized spacial score (nSPS) is 20.7. The number of halogens is 1. The Morgan fingerprint density at radius 2 is 2.20 bits per heavy atom. The Kier molecular flexibility index (Phi) is 3.89. The maximum absolute atomic E-state index is 12.0. The van der Waals surface area contributed by atoms with E-state index < -0.39 is 0 Å². The molecule has 0 bridgehead atoms. The molecule has 0 aliphatic heterocycles. The molecule has 0 N–H and O–H groups in total. The largest absolute Gasteiger partial charge is 0.459 e. The van der Waals surface area contributed by atoms with Crippen molar-refractivity contribution in [2.45, 2.75) is 25.9 Å². The van der Waals surface area contributed by atoms with Crippen LogP contribution in [0.4, 0.5) is 0 Å². The van der Waals surface area contributed by atoms with Gasteiger partial charge in [-0.1, -0.05) is 28.1 Å². The van der Waals surface area contributed by atoms with E-state index in [9.17, 15) is 4.79 Å². The van der Waals surface area contributed by atoms with Gasteiger partial charge in [-0.25, -0.2) is 4.98 Å². The van der Waals surface area contributed by atoms with Crippen molar-refractivity contribution in [2.75, 3.05) is 0 Å². The second-order valence-corrected chi connectivity index (χ2v) is 6.94. The van der Waals surface area contributed by atoms with Crippen LogP contribution in [0.2, 0.25) is 0 Å². The molecule has 1 aliphatic carbocycles. The number of aromatic nitrogens is 1. The lowest BCUT2D eigenvalue weighted by atomic mass is 10.1. The predicted molar refractivity (Wildman–Crippen MR) is 81.6 cm³/mol. The SMILES string of the molecule is Cc1nc(COC(=O)[C@@H]2C[C@H]2c2ccc(Br)cc2)cs1. The second kappa shape index (κ2) is 5.66. The summed E-state index contributed by atoms with van der Waals surface area (Å²) in [4.78, 5) is 16.3. The first-order chi connectivity index (χ1) is 9.63. The number of benzene rings is 1. The van der Waals surface area contributed by atoms with Crippen LogP contribution in [0.5, 0.6) is 0 Å². The van der Waals surface area contributed by atoms with Crippen molar-refractivity contribution >= 4 is 33.2 Å². The van der Waals surface area contributed by atoms with Crippen LogP contribution < -0.4 is 0 Å². The fraction of sp³-hybridized carbons (Fsp3) is 0.333. The summed E-state index contributed by atoms with van der Waals surface area (Å²) in [6, 6.07) is 8.14. The van der Waals surface area contributed by atoms with Gasteiger partial charge < -0.3 is 4.74 Å². The molecule has 5 heteroatoms. The van der Waals surface area contributed by atoms with Gasteiger partial charge in [0.05, 0.1) is 16.6 Å². The summed E-state index contributed by atoms with van der Waals surface area (Å²) in [6.45, 7) is 2.23. The first-order valence-corrected chi connectivity index (χ1v) is 8.14. The second-order valence-electron chi connectivity index (χ2n) is 4.97. The van der Waals surface area contributed by atoms with Crippen molar-refractivity contribution < 1.29 is 9.53 Å². The van der Waals surface area contributed by atoms with Gasteiger partial charge in [0, 0.05) is 9.85 Å². The highest BCUT2D eigenvalue weighted by atomic mass is 79.9. The maximum Gasteiger partial charge on any atom is 0.309 e. The third kappa shape index (κ3) is 3.10. The lowest BCUT2D eigenvalue weighted by Crippen LogP contribution is -2.08. The molecular formula is C15H14BrNO2S. The zero-order valence-corrected chi connectivity index (χ0v) is 13.4. The number of rotatable bonds is 4. The number of aryl methyl sites for hydroxylation is 1. The van der Waals surface area contributed by atoms with Gasteiger partial charge >= 0.3 is 5.97 Å². The molecule has 0 spiro atoms.